The number of nitro benzene ring substituents is 1. The molecule has 8 nitrogen and oxygen atoms in total. The van der Waals surface area contributed by atoms with Crippen LogP contribution in [-0.4, -0.2) is 15.1 Å². The third-order valence-corrected chi connectivity index (χ3v) is 3.69. The topological polar surface area (TPSA) is 117 Å². The molecule has 0 saturated carbocycles. The van der Waals surface area contributed by atoms with Gasteiger partial charge in [0.2, 0.25) is 0 Å². The van der Waals surface area contributed by atoms with E-state index in [9.17, 15) is 14.9 Å². The van der Waals surface area contributed by atoms with Gasteiger partial charge in [0.1, 0.15) is 0 Å². The average molecular weight is 388 g/mol. The van der Waals surface area contributed by atoms with Crippen molar-refractivity contribution < 1.29 is 4.92 Å². The number of hydrogen-bond donors (Lipinski definition) is 2. The van der Waals surface area contributed by atoms with Crippen molar-refractivity contribution in [2.75, 3.05) is 0 Å². The molecular weight excluding hydrogens is 378 g/mol. The van der Waals surface area contributed by atoms with Crippen LogP contribution in [0.5, 0.6) is 0 Å². The lowest BCUT2D eigenvalue weighted by atomic mass is 10.1. The molecule has 0 aliphatic heterocycles. The van der Waals surface area contributed by atoms with Crippen LogP contribution in [0.25, 0.3) is 11.3 Å². The Morgan fingerprint density at radius 1 is 1.04 bits per heavy atom. The van der Waals surface area contributed by atoms with Crippen molar-refractivity contribution in [3.63, 3.8) is 0 Å². The summed E-state index contributed by atoms with van der Waals surface area (Å²) in [5.74, 6) is 0. The fourth-order valence-electron chi connectivity index (χ4n) is 2.05. The lowest BCUT2D eigenvalue weighted by Crippen LogP contribution is -1.96. The van der Waals surface area contributed by atoms with E-state index in [1.54, 1.807) is 18.2 Å². The van der Waals surface area contributed by atoms with Crippen LogP contribution in [0.1, 0.15) is 0 Å². The minimum atomic E-state index is -0.489. The van der Waals surface area contributed by atoms with E-state index in [1.807, 2.05) is 6.07 Å². The van der Waals surface area contributed by atoms with Gasteiger partial charge in [-0.05, 0) is 30.3 Å². The summed E-state index contributed by atoms with van der Waals surface area (Å²) in [4.78, 5) is 22.1. The van der Waals surface area contributed by atoms with E-state index < -0.39 is 10.5 Å². The van der Waals surface area contributed by atoms with Crippen LogP contribution in [0.3, 0.4) is 0 Å². The maximum atomic E-state index is 11.9. The zero-order chi connectivity index (χ0) is 17.1. The van der Waals surface area contributed by atoms with Crippen molar-refractivity contribution in [1.29, 1.82) is 0 Å². The van der Waals surface area contributed by atoms with Gasteiger partial charge in [0.05, 0.1) is 16.3 Å². The second-order valence-electron chi connectivity index (χ2n) is 4.79. The van der Waals surface area contributed by atoms with Crippen LogP contribution in [0.15, 0.2) is 68.0 Å². The number of H-pyrrole nitrogens is 2. The molecule has 9 heteroatoms. The van der Waals surface area contributed by atoms with Crippen LogP contribution >= 0.6 is 15.9 Å². The van der Waals surface area contributed by atoms with E-state index in [4.69, 9.17) is 0 Å². The number of rotatable bonds is 4. The third kappa shape index (κ3) is 3.30. The van der Waals surface area contributed by atoms with Gasteiger partial charge in [0.25, 0.3) is 11.2 Å². The summed E-state index contributed by atoms with van der Waals surface area (Å²) in [6.07, 6.45) is 0. The maximum absolute atomic E-state index is 11.9. The molecule has 120 valence electrons. The quantitative estimate of drug-likeness (QED) is 0.390. The van der Waals surface area contributed by atoms with Crippen molar-refractivity contribution in [3.8, 4) is 11.3 Å². The first-order chi connectivity index (χ1) is 11.5. The van der Waals surface area contributed by atoms with Crippen LogP contribution in [0.2, 0.25) is 0 Å². The first kappa shape index (κ1) is 15.8. The van der Waals surface area contributed by atoms with Crippen molar-refractivity contribution in [3.05, 3.63) is 73.5 Å². The first-order valence-electron chi connectivity index (χ1n) is 6.77. The monoisotopic (exact) mass is 387 g/mol. The highest BCUT2D eigenvalue weighted by Crippen LogP contribution is 2.28. The number of non-ortho nitro benzene ring substituents is 1. The molecule has 3 aromatic rings. The van der Waals surface area contributed by atoms with Gasteiger partial charge >= 0.3 is 0 Å². The van der Waals surface area contributed by atoms with E-state index in [0.717, 1.165) is 4.47 Å². The van der Waals surface area contributed by atoms with E-state index in [2.05, 4.69) is 36.4 Å². The number of nitrogens with one attached hydrogen (secondary N) is 2. The van der Waals surface area contributed by atoms with Gasteiger partial charge in [-0.25, -0.2) is 0 Å². The van der Waals surface area contributed by atoms with E-state index in [-0.39, 0.29) is 11.4 Å². The Hall–Kier alpha value is -3.07. The summed E-state index contributed by atoms with van der Waals surface area (Å²) in [6.45, 7) is 0. The Balaban J connectivity index is 1.97. The molecule has 0 bridgehead atoms. The molecule has 0 unspecified atom stereocenters. The molecule has 0 spiro atoms. The second-order valence-corrected chi connectivity index (χ2v) is 5.70. The number of halogens is 1. The third-order valence-electron chi connectivity index (χ3n) is 3.19. The van der Waals surface area contributed by atoms with Gasteiger partial charge in [0.15, 0.2) is 5.69 Å². The largest absolute Gasteiger partial charge is 0.295 e. The first-order valence-corrected chi connectivity index (χ1v) is 7.56. The summed E-state index contributed by atoms with van der Waals surface area (Å²) in [5.41, 5.74) is 1.22. The molecule has 3 rings (SSSR count). The van der Waals surface area contributed by atoms with Crippen LogP contribution in [-0.2, 0) is 0 Å². The predicted octanol–water partition coefficient (Wildman–Crippen LogP) is 4.46. The Labute approximate surface area is 143 Å². The van der Waals surface area contributed by atoms with Crippen molar-refractivity contribution in [2.45, 2.75) is 0 Å². The number of hydrogen-bond acceptors (Lipinski definition) is 5. The SMILES string of the molecule is O=c1[nH][nH]c(-c2ccc([N+](=O)[O-])cc2)c1N=Nc1cccc(Br)c1. The lowest BCUT2D eigenvalue weighted by Gasteiger charge is -1.99. The Bertz CT molecular complexity index is 975. The molecule has 0 saturated heterocycles. The van der Waals surface area contributed by atoms with Crippen molar-refractivity contribution in [2.24, 2.45) is 10.2 Å². The number of aromatic amines is 2. The molecule has 2 aromatic carbocycles. The standard InChI is InChI=1S/C15H10BrN5O3/c16-10-2-1-3-11(8-10)17-19-14-13(18-20-15(14)22)9-4-6-12(7-5-9)21(23)24/h1-8H,(H2,18,20,22). The molecule has 1 heterocycles. The minimum absolute atomic E-state index is 0.0334. The van der Waals surface area contributed by atoms with Crippen molar-refractivity contribution >= 4 is 33.0 Å². The second kappa shape index (κ2) is 6.59. The fraction of sp³-hybridized carbons (Fsp3) is 0. The van der Waals surface area contributed by atoms with Gasteiger partial charge < -0.3 is 0 Å². The lowest BCUT2D eigenvalue weighted by molar-refractivity contribution is -0.384. The summed E-state index contributed by atoms with van der Waals surface area (Å²) in [7, 11) is 0. The Morgan fingerprint density at radius 3 is 2.46 bits per heavy atom. The van der Waals surface area contributed by atoms with E-state index >= 15 is 0 Å². The molecule has 0 amide bonds. The van der Waals surface area contributed by atoms with Crippen LogP contribution in [0.4, 0.5) is 17.1 Å². The van der Waals surface area contributed by atoms with Gasteiger partial charge in [-0.3, -0.25) is 25.1 Å². The molecule has 0 radical (unpaired) electrons. The number of benzene rings is 2. The summed E-state index contributed by atoms with van der Waals surface area (Å²) in [6, 6.07) is 13.0. The highest BCUT2D eigenvalue weighted by atomic mass is 79.9. The summed E-state index contributed by atoms with van der Waals surface area (Å²) in [5, 5.41) is 23.9. The minimum Gasteiger partial charge on any atom is -0.295 e. The van der Waals surface area contributed by atoms with E-state index in [1.165, 1.54) is 24.3 Å². The Kier molecular flexibility index (Phi) is 4.34. The zero-order valence-electron chi connectivity index (χ0n) is 12.1. The van der Waals surface area contributed by atoms with Crippen LogP contribution in [0, 0.1) is 10.1 Å². The molecule has 2 N–H and O–H groups in total. The number of aromatic nitrogens is 2. The molecule has 0 aliphatic rings. The normalized spacial score (nSPS) is 11.0. The molecule has 24 heavy (non-hydrogen) atoms. The number of azo groups is 1. The molecule has 0 atom stereocenters. The van der Waals surface area contributed by atoms with Gasteiger partial charge in [-0.1, -0.05) is 22.0 Å². The highest BCUT2D eigenvalue weighted by Gasteiger charge is 2.13. The maximum Gasteiger partial charge on any atom is 0.292 e. The average Bonchev–Trinajstić information content (AvgIpc) is 2.94. The smallest absolute Gasteiger partial charge is 0.292 e. The molecular formula is C15H10BrN5O3. The van der Waals surface area contributed by atoms with Gasteiger partial charge in [0, 0.05) is 22.2 Å². The Morgan fingerprint density at radius 2 is 1.79 bits per heavy atom. The fourth-order valence-corrected chi connectivity index (χ4v) is 2.44. The van der Waals surface area contributed by atoms with Crippen LogP contribution < -0.4 is 5.56 Å². The molecule has 1 aromatic heterocycles. The molecule has 0 aliphatic carbocycles. The summed E-state index contributed by atoms with van der Waals surface area (Å²) < 4.78 is 0.845. The van der Waals surface area contributed by atoms with Gasteiger partial charge in [-0.15, -0.1) is 5.11 Å². The zero-order valence-corrected chi connectivity index (χ0v) is 13.6. The number of nitro groups is 1. The highest BCUT2D eigenvalue weighted by molar-refractivity contribution is 9.10. The van der Waals surface area contributed by atoms with Crippen molar-refractivity contribution in [1.82, 2.24) is 10.2 Å². The summed E-state index contributed by atoms with van der Waals surface area (Å²) >= 11 is 3.33. The number of nitrogens with zero attached hydrogens (tertiary/aromatic N) is 3. The molecule has 0 fully saturated rings. The predicted molar refractivity (Wildman–Crippen MR) is 91.8 cm³/mol. The van der Waals surface area contributed by atoms with Gasteiger partial charge in [-0.2, -0.15) is 5.11 Å². The van der Waals surface area contributed by atoms with E-state index in [0.29, 0.717) is 16.9 Å².